The van der Waals surface area contributed by atoms with E-state index in [2.05, 4.69) is 73.3 Å². The standard InChI is InChI=1S/C20H22N4.C5H10.C4H8.C2H7N/c1-5-15-7-9-17-16(11-15)8-10-18(17)23-14(3)20-19(24(4)6-2)12-21-13-22-20;1-4-5(2)3;1-4(2)3;1-2-3/h5-7,9,11-13,18,23H,1-3,8,10H2,4H3;2,4H2,1,3H3;1H2,2-3H3;2-3H2,1H3/t18-;;;/m0.../s1. The van der Waals surface area contributed by atoms with Crippen LogP contribution in [0.5, 0.6) is 0 Å². The fraction of sp³-hybridized carbons (Fsp3) is 0.355. The summed E-state index contributed by atoms with van der Waals surface area (Å²) in [6.45, 7) is 29.8. The summed E-state index contributed by atoms with van der Waals surface area (Å²) >= 11 is 0. The van der Waals surface area contributed by atoms with Gasteiger partial charge in [-0.2, -0.15) is 0 Å². The molecule has 0 bridgehead atoms. The Kier molecular flexibility index (Phi) is 16.2. The van der Waals surface area contributed by atoms with Gasteiger partial charge in [-0.05, 0) is 69.5 Å². The number of aryl methyl sites for hydroxylation is 1. The number of hydrogen-bond acceptors (Lipinski definition) is 5. The van der Waals surface area contributed by atoms with Gasteiger partial charge in [-0.1, -0.05) is 69.0 Å². The lowest BCUT2D eigenvalue weighted by Crippen LogP contribution is -2.20. The van der Waals surface area contributed by atoms with Gasteiger partial charge >= 0.3 is 0 Å². The molecule has 5 heteroatoms. The molecule has 1 aliphatic rings. The highest BCUT2D eigenvalue weighted by Crippen LogP contribution is 2.34. The number of benzene rings is 1. The molecular formula is C31H47N5. The second-order valence-electron chi connectivity index (χ2n) is 8.85. The van der Waals surface area contributed by atoms with Crippen LogP contribution >= 0.6 is 0 Å². The lowest BCUT2D eigenvalue weighted by atomic mass is 10.0. The van der Waals surface area contributed by atoms with Crippen molar-refractivity contribution in [2.24, 2.45) is 5.73 Å². The highest BCUT2D eigenvalue weighted by molar-refractivity contribution is 5.72. The van der Waals surface area contributed by atoms with E-state index in [1.807, 2.05) is 45.7 Å². The van der Waals surface area contributed by atoms with Crippen LogP contribution in [-0.2, 0) is 6.42 Å². The van der Waals surface area contributed by atoms with E-state index in [0.717, 1.165) is 42.9 Å². The average molecular weight is 490 g/mol. The first-order chi connectivity index (χ1) is 17.1. The first-order valence-electron chi connectivity index (χ1n) is 12.4. The number of nitrogens with zero attached hydrogens (tertiary/aromatic N) is 3. The van der Waals surface area contributed by atoms with Gasteiger partial charge in [0.2, 0.25) is 0 Å². The molecule has 3 rings (SSSR count). The summed E-state index contributed by atoms with van der Waals surface area (Å²) < 4.78 is 0. The molecule has 1 aromatic heterocycles. The van der Waals surface area contributed by atoms with Crippen molar-refractivity contribution in [1.82, 2.24) is 15.3 Å². The Labute approximate surface area is 220 Å². The Hall–Kier alpha value is -3.44. The first-order valence-corrected chi connectivity index (χ1v) is 12.4. The van der Waals surface area contributed by atoms with Crippen molar-refractivity contribution in [3.05, 3.63) is 103 Å². The largest absolute Gasteiger partial charge is 0.377 e. The Bertz CT molecular complexity index is 1000. The van der Waals surface area contributed by atoms with Crippen LogP contribution in [0, 0.1) is 0 Å². The van der Waals surface area contributed by atoms with Crippen LogP contribution in [-0.4, -0.2) is 23.6 Å². The van der Waals surface area contributed by atoms with Crippen LogP contribution in [0.4, 0.5) is 5.69 Å². The zero-order valence-corrected chi connectivity index (χ0v) is 23.4. The van der Waals surface area contributed by atoms with Gasteiger partial charge in [0.1, 0.15) is 12.0 Å². The van der Waals surface area contributed by atoms with Crippen molar-refractivity contribution in [3.63, 3.8) is 0 Å². The van der Waals surface area contributed by atoms with E-state index in [-0.39, 0.29) is 6.04 Å². The molecule has 0 unspecified atom stereocenters. The number of hydrogen-bond donors (Lipinski definition) is 2. The highest BCUT2D eigenvalue weighted by atomic mass is 15.1. The van der Waals surface area contributed by atoms with Crippen LogP contribution in [0.1, 0.15) is 75.9 Å². The summed E-state index contributed by atoms with van der Waals surface area (Å²) in [5.74, 6) is 0. The predicted octanol–water partition coefficient (Wildman–Crippen LogP) is 7.47. The summed E-state index contributed by atoms with van der Waals surface area (Å²) in [4.78, 5) is 10.4. The zero-order chi connectivity index (χ0) is 27.7. The fourth-order valence-corrected chi connectivity index (χ4v) is 3.10. The molecular weight excluding hydrogens is 442 g/mol. The van der Waals surface area contributed by atoms with Crippen LogP contribution in [0.2, 0.25) is 0 Å². The minimum Gasteiger partial charge on any atom is -0.377 e. The molecule has 0 radical (unpaired) electrons. The van der Waals surface area contributed by atoms with Gasteiger partial charge < -0.3 is 16.0 Å². The van der Waals surface area contributed by atoms with Crippen molar-refractivity contribution in [2.75, 3.05) is 18.5 Å². The van der Waals surface area contributed by atoms with Crippen molar-refractivity contribution in [2.45, 2.75) is 59.9 Å². The number of nitrogens with two attached hydrogens (primary N) is 1. The van der Waals surface area contributed by atoms with Gasteiger partial charge in [0, 0.05) is 7.05 Å². The molecule has 1 aliphatic carbocycles. The highest BCUT2D eigenvalue weighted by Gasteiger charge is 2.23. The van der Waals surface area contributed by atoms with Crippen molar-refractivity contribution in [1.29, 1.82) is 0 Å². The Morgan fingerprint density at radius 1 is 1.17 bits per heavy atom. The average Bonchev–Trinajstić information content (AvgIpc) is 3.25. The smallest absolute Gasteiger partial charge is 0.116 e. The van der Waals surface area contributed by atoms with Crippen LogP contribution in [0.3, 0.4) is 0 Å². The summed E-state index contributed by atoms with van der Waals surface area (Å²) in [6.07, 6.45) is 10.2. The molecule has 196 valence electrons. The third-order valence-electron chi connectivity index (χ3n) is 5.07. The Morgan fingerprint density at radius 3 is 2.25 bits per heavy atom. The Morgan fingerprint density at radius 2 is 1.75 bits per heavy atom. The SMILES string of the molecule is C=C(C)C.C=C(C)CC.C=Cc1ccc2c(c1)CC[C@@H]2NC(=C)c1ncncc1N(C)C=C.CCN. The van der Waals surface area contributed by atoms with E-state index in [0.29, 0.717) is 0 Å². The molecule has 0 saturated carbocycles. The lowest BCUT2D eigenvalue weighted by molar-refractivity contribution is 0.627. The third-order valence-corrected chi connectivity index (χ3v) is 5.07. The number of nitrogens with one attached hydrogen (secondary N) is 1. The summed E-state index contributed by atoms with van der Waals surface area (Å²) in [5, 5.41) is 3.54. The second kappa shape index (κ2) is 17.9. The molecule has 3 N–H and O–H groups in total. The van der Waals surface area contributed by atoms with Crippen molar-refractivity contribution in [3.8, 4) is 0 Å². The van der Waals surface area contributed by atoms with Crippen LogP contribution in [0.25, 0.3) is 11.8 Å². The van der Waals surface area contributed by atoms with E-state index in [9.17, 15) is 0 Å². The molecule has 2 aromatic rings. The van der Waals surface area contributed by atoms with E-state index < -0.39 is 0 Å². The van der Waals surface area contributed by atoms with Gasteiger partial charge in [-0.3, -0.25) is 0 Å². The molecule has 0 aliphatic heterocycles. The number of allylic oxidation sites excluding steroid dienone is 2. The minimum absolute atomic E-state index is 0.253. The van der Waals surface area contributed by atoms with Crippen LogP contribution in [0.15, 0.2) is 81.0 Å². The van der Waals surface area contributed by atoms with Crippen molar-refractivity contribution >= 4 is 17.5 Å². The zero-order valence-electron chi connectivity index (χ0n) is 23.4. The minimum atomic E-state index is 0.253. The maximum Gasteiger partial charge on any atom is 0.116 e. The third kappa shape index (κ3) is 11.8. The lowest BCUT2D eigenvalue weighted by Gasteiger charge is -2.21. The molecule has 0 saturated heterocycles. The Balaban J connectivity index is 0.000000858. The van der Waals surface area contributed by atoms with Gasteiger partial charge in [0.15, 0.2) is 0 Å². The molecule has 1 heterocycles. The quantitative estimate of drug-likeness (QED) is 0.395. The second-order valence-corrected chi connectivity index (χ2v) is 8.85. The molecule has 0 fully saturated rings. The molecule has 0 amide bonds. The molecule has 36 heavy (non-hydrogen) atoms. The normalized spacial score (nSPS) is 12.6. The van der Waals surface area contributed by atoms with Crippen molar-refractivity contribution < 1.29 is 0 Å². The predicted molar refractivity (Wildman–Crippen MR) is 161 cm³/mol. The maximum atomic E-state index is 4.85. The molecule has 0 spiro atoms. The monoisotopic (exact) mass is 489 g/mol. The van der Waals surface area contributed by atoms with E-state index in [1.165, 1.54) is 27.8 Å². The van der Waals surface area contributed by atoms with E-state index in [1.54, 1.807) is 18.7 Å². The number of fused-ring (bicyclic) bond motifs is 1. The number of rotatable bonds is 7. The molecule has 1 aromatic carbocycles. The maximum absolute atomic E-state index is 4.85. The summed E-state index contributed by atoms with van der Waals surface area (Å²) in [7, 11) is 1.92. The van der Waals surface area contributed by atoms with Gasteiger partial charge in [-0.25, -0.2) is 9.97 Å². The van der Waals surface area contributed by atoms with E-state index in [4.69, 9.17) is 5.73 Å². The molecule has 5 nitrogen and oxygen atoms in total. The number of anilines is 1. The summed E-state index contributed by atoms with van der Waals surface area (Å²) in [6, 6.07) is 6.76. The molecule has 1 atom stereocenters. The first kappa shape index (κ1) is 32.6. The van der Waals surface area contributed by atoms with Gasteiger partial charge in [-0.15, -0.1) is 13.2 Å². The summed E-state index contributed by atoms with van der Waals surface area (Å²) in [5.41, 5.74) is 13.6. The van der Waals surface area contributed by atoms with Gasteiger partial charge in [0.25, 0.3) is 0 Å². The number of aromatic nitrogens is 2. The van der Waals surface area contributed by atoms with Gasteiger partial charge in [0.05, 0.1) is 23.6 Å². The van der Waals surface area contributed by atoms with E-state index >= 15 is 0 Å². The fourth-order valence-electron chi connectivity index (χ4n) is 3.10. The topological polar surface area (TPSA) is 67.1 Å². The van der Waals surface area contributed by atoms with Crippen LogP contribution < -0.4 is 16.0 Å².